The number of amides is 1. The molecule has 2 atom stereocenters. The summed E-state index contributed by atoms with van der Waals surface area (Å²) >= 11 is 0. The molecule has 2 aliphatic rings. The first-order valence-electron chi connectivity index (χ1n) is 13.4. The van der Waals surface area contributed by atoms with Crippen LogP contribution < -0.4 is 4.74 Å². The van der Waals surface area contributed by atoms with Crippen molar-refractivity contribution in [3.8, 4) is 5.88 Å². The Hall–Kier alpha value is -3.09. The van der Waals surface area contributed by atoms with Crippen LogP contribution in [0, 0.1) is 24.7 Å². The van der Waals surface area contributed by atoms with E-state index in [0.717, 1.165) is 55.0 Å². The van der Waals surface area contributed by atoms with Gasteiger partial charge in [-0.1, -0.05) is 30.3 Å². The quantitative estimate of drug-likeness (QED) is 0.403. The van der Waals surface area contributed by atoms with Crippen molar-refractivity contribution in [2.45, 2.75) is 72.0 Å². The number of likely N-dealkylation sites (tertiary alicyclic amines) is 1. The van der Waals surface area contributed by atoms with E-state index in [1.165, 1.54) is 6.42 Å². The largest absolute Gasteiger partial charge is 0.477 e. The highest BCUT2D eigenvalue weighted by atomic mass is 16.6. The summed E-state index contributed by atoms with van der Waals surface area (Å²) in [6.45, 7) is 10.1. The molecule has 1 aromatic heterocycles. The number of carbonyl (C=O) groups is 2. The summed E-state index contributed by atoms with van der Waals surface area (Å²) in [5, 5.41) is 0. The fourth-order valence-corrected chi connectivity index (χ4v) is 5.22. The third-order valence-electron chi connectivity index (χ3n) is 7.17. The molecule has 0 bridgehead atoms. The maximum atomic E-state index is 12.4. The van der Waals surface area contributed by atoms with Crippen LogP contribution in [0.1, 0.15) is 63.1 Å². The second-order valence-electron chi connectivity index (χ2n) is 11.4. The molecule has 1 saturated heterocycles. The number of aryl methyl sites for hydroxylation is 1. The van der Waals surface area contributed by atoms with Gasteiger partial charge in [0.2, 0.25) is 5.88 Å². The van der Waals surface area contributed by atoms with Gasteiger partial charge < -0.3 is 19.1 Å². The lowest BCUT2D eigenvalue weighted by Crippen LogP contribution is -2.39. The van der Waals surface area contributed by atoms with Crippen molar-refractivity contribution in [3.63, 3.8) is 0 Å². The molecule has 0 N–H and O–H groups in total. The predicted octanol–water partition coefficient (Wildman–Crippen LogP) is 5.73. The number of pyridine rings is 1. The molecule has 1 aliphatic carbocycles. The van der Waals surface area contributed by atoms with Gasteiger partial charge in [0.1, 0.15) is 12.2 Å². The van der Waals surface area contributed by atoms with Gasteiger partial charge in [0.05, 0.1) is 13.0 Å². The lowest BCUT2D eigenvalue weighted by molar-refractivity contribution is -0.153. The summed E-state index contributed by atoms with van der Waals surface area (Å²) in [7, 11) is 0. The number of rotatable bonds is 9. The number of carbonyl (C=O) groups excluding carboxylic acids is 2. The molecule has 0 radical (unpaired) electrons. The number of benzene rings is 1. The smallest absolute Gasteiger partial charge is 0.410 e. The molecule has 1 aliphatic heterocycles. The van der Waals surface area contributed by atoms with E-state index in [2.05, 4.69) is 4.98 Å². The average molecular weight is 509 g/mol. The van der Waals surface area contributed by atoms with Crippen LogP contribution in [-0.4, -0.2) is 47.2 Å². The molecule has 2 unspecified atom stereocenters. The minimum Gasteiger partial charge on any atom is -0.477 e. The summed E-state index contributed by atoms with van der Waals surface area (Å²) in [5.41, 5.74) is 2.28. The molecule has 1 saturated carbocycles. The predicted molar refractivity (Wildman–Crippen MR) is 141 cm³/mol. The molecule has 2 aromatic rings. The first-order chi connectivity index (χ1) is 17.7. The van der Waals surface area contributed by atoms with Crippen LogP contribution in [0.25, 0.3) is 0 Å². The molecule has 1 amide bonds. The summed E-state index contributed by atoms with van der Waals surface area (Å²) in [6.07, 6.45) is 6.05. The second-order valence-corrected chi connectivity index (χ2v) is 11.4. The Morgan fingerprint density at radius 2 is 1.81 bits per heavy atom. The maximum absolute atomic E-state index is 12.4. The topological polar surface area (TPSA) is 78.0 Å². The van der Waals surface area contributed by atoms with Crippen LogP contribution in [0.5, 0.6) is 5.88 Å². The molecule has 37 heavy (non-hydrogen) atoms. The molecule has 2 heterocycles. The van der Waals surface area contributed by atoms with Crippen LogP contribution in [0.2, 0.25) is 0 Å². The molecule has 7 nitrogen and oxygen atoms in total. The average Bonchev–Trinajstić information content (AvgIpc) is 3.63. The maximum Gasteiger partial charge on any atom is 0.410 e. The first kappa shape index (κ1) is 27.0. The van der Waals surface area contributed by atoms with E-state index in [1.807, 2.05) is 69.0 Å². The zero-order valence-corrected chi connectivity index (χ0v) is 22.6. The zero-order chi connectivity index (χ0) is 26.4. The standard InChI is InChI=1S/C30H40N2O5/c1-21-16-23(17-27(33)37-30(2,3)4)19-31-28(21)35-15-12-25-18-26(25)24-10-13-32(14-11-24)29(34)36-20-22-8-6-5-7-9-22/h5-9,16,19,24-26H,10-15,17-18,20H2,1-4H3. The van der Waals surface area contributed by atoms with E-state index in [-0.39, 0.29) is 18.5 Å². The SMILES string of the molecule is Cc1cc(CC(=O)OC(C)(C)C)cnc1OCCC1CC1C1CCN(C(=O)OCc2ccccc2)CC1. The third-order valence-corrected chi connectivity index (χ3v) is 7.17. The van der Waals surface area contributed by atoms with Crippen molar-refractivity contribution < 1.29 is 23.8 Å². The lowest BCUT2D eigenvalue weighted by Gasteiger charge is -2.31. The van der Waals surface area contributed by atoms with Gasteiger partial charge in [-0.05, 0) is 88.3 Å². The van der Waals surface area contributed by atoms with Crippen LogP contribution >= 0.6 is 0 Å². The van der Waals surface area contributed by atoms with Gasteiger partial charge >= 0.3 is 12.1 Å². The van der Waals surface area contributed by atoms with Gasteiger partial charge in [0, 0.05) is 24.8 Å². The van der Waals surface area contributed by atoms with E-state index >= 15 is 0 Å². The number of nitrogens with zero attached hydrogens (tertiary/aromatic N) is 2. The van der Waals surface area contributed by atoms with Crippen molar-refractivity contribution in [1.29, 1.82) is 0 Å². The molecule has 4 rings (SSSR count). The van der Waals surface area contributed by atoms with Gasteiger partial charge in [-0.15, -0.1) is 0 Å². The molecular weight excluding hydrogens is 468 g/mol. The number of hydrogen-bond donors (Lipinski definition) is 0. The first-order valence-corrected chi connectivity index (χ1v) is 13.4. The number of piperidine rings is 1. The molecule has 7 heteroatoms. The normalized spacial score (nSPS) is 19.8. The molecule has 1 aromatic carbocycles. The van der Waals surface area contributed by atoms with E-state index in [4.69, 9.17) is 14.2 Å². The van der Waals surface area contributed by atoms with E-state index in [9.17, 15) is 9.59 Å². The van der Waals surface area contributed by atoms with Crippen molar-refractivity contribution in [3.05, 3.63) is 59.3 Å². The van der Waals surface area contributed by atoms with E-state index in [1.54, 1.807) is 6.20 Å². The minimum atomic E-state index is -0.491. The number of ether oxygens (including phenoxy) is 3. The number of aromatic nitrogens is 1. The lowest BCUT2D eigenvalue weighted by atomic mass is 9.91. The molecular formula is C30H40N2O5. The van der Waals surface area contributed by atoms with Gasteiger partial charge in [0.25, 0.3) is 0 Å². The highest BCUT2D eigenvalue weighted by Gasteiger charge is 2.43. The fourth-order valence-electron chi connectivity index (χ4n) is 5.22. The van der Waals surface area contributed by atoms with E-state index < -0.39 is 5.60 Å². The third kappa shape index (κ3) is 8.20. The Morgan fingerprint density at radius 3 is 2.49 bits per heavy atom. The Kier molecular flexibility index (Phi) is 8.72. The summed E-state index contributed by atoms with van der Waals surface area (Å²) in [6, 6.07) is 11.7. The van der Waals surface area contributed by atoms with Gasteiger partial charge in [0.15, 0.2) is 0 Å². The second kappa shape index (κ2) is 12.0. The van der Waals surface area contributed by atoms with Crippen molar-refractivity contribution in [1.82, 2.24) is 9.88 Å². The monoisotopic (exact) mass is 508 g/mol. The Labute approximate surface area is 220 Å². The number of esters is 1. The van der Waals surface area contributed by atoms with Gasteiger partial charge in [-0.25, -0.2) is 9.78 Å². The fraction of sp³-hybridized carbons (Fsp3) is 0.567. The Balaban J connectivity index is 1.13. The van der Waals surface area contributed by atoms with Crippen LogP contribution in [-0.2, 0) is 27.3 Å². The van der Waals surface area contributed by atoms with Crippen LogP contribution in [0.15, 0.2) is 42.6 Å². The minimum absolute atomic E-state index is 0.206. The van der Waals surface area contributed by atoms with Crippen molar-refractivity contribution in [2.75, 3.05) is 19.7 Å². The highest BCUT2D eigenvalue weighted by Crippen LogP contribution is 2.49. The van der Waals surface area contributed by atoms with Gasteiger partial charge in [-0.3, -0.25) is 4.79 Å². The summed E-state index contributed by atoms with van der Waals surface area (Å²) in [5.74, 6) is 2.48. The highest BCUT2D eigenvalue weighted by molar-refractivity contribution is 5.73. The van der Waals surface area contributed by atoms with E-state index in [0.29, 0.717) is 30.9 Å². The van der Waals surface area contributed by atoms with Crippen LogP contribution in [0.3, 0.4) is 0 Å². The zero-order valence-electron chi connectivity index (χ0n) is 22.6. The molecule has 2 fully saturated rings. The van der Waals surface area contributed by atoms with Crippen molar-refractivity contribution >= 4 is 12.1 Å². The van der Waals surface area contributed by atoms with Gasteiger partial charge in [-0.2, -0.15) is 0 Å². The Morgan fingerprint density at radius 1 is 1.08 bits per heavy atom. The summed E-state index contributed by atoms with van der Waals surface area (Å²) in [4.78, 5) is 30.8. The molecule has 0 spiro atoms. The number of hydrogen-bond acceptors (Lipinski definition) is 6. The summed E-state index contributed by atoms with van der Waals surface area (Å²) < 4.78 is 16.9. The Bertz CT molecular complexity index is 1060. The van der Waals surface area contributed by atoms with Crippen molar-refractivity contribution in [2.24, 2.45) is 17.8 Å². The van der Waals surface area contributed by atoms with Crippen LogP contribution in [0.4, 0.5) is 4.79 Å². The molecule has 200 valence electrons.